The molecule has 132 valence electrons. The van der Waals surface area contributed by atoms with E-state index in [9.17, 15) is 18.4 Å². The van der Waals surface area contributed by atoms with Gasteiger partial charge in [-0.3, -0.25) is 4.79 Å². The number of methoxy groups -OCH3 is 1. The topological polar surface area (TPSA) is 64.6 Å². The maximum absolute atomic E-state index is 13.0. The van der Waals surface area contributed by atoms with E-state index in [1.807, 2.05) is 24.3 Å². The van der Waals surface area contributed by atoms with Gasteiger partial charge in [-0.15, -0.1) is 0 Å². The molecule has 2 aromatic carbocycles. The molecule has 0 atom stereocenters. The molecule has 1 N–H and O–H groups in total. The number of hydrogen-bond acceptors (Lipinski definition) is 4. The van der Waals surface area contributed by atoms with E-state index in [2.05, 4.69) is 5.32 Å². The molecule has 2 aromatic rings. The molecule has 0 aliphatic heterocycles. The molecule has 0 unspecified atom stereocenters. The summed E-state index contributed by atoms with van der Waals surface area (Å²) in [6.07, 6.45) is 0.596. The first-order valence-electron chi connectivity index (χ1n) is 7.51. The fourth-order valence-corrected chi connectivity index (χ4v) is 2.08. The zero-order valence-electron chi connectivity index (χ0n) is 13.6. The van der Waals surface area contributed by atoms with Crippen molar-refractivity contribution in [1.82, 2.24) is 5.32 Å². The van der Waals surface area contributed by atoms with Crippen molar-refractivity contribution in [2.45, 2.75) is 6.42 Å². The number of ether oxygens (including phenoxy) is 2. The molecule has 7 heteroatoms. The van der Waals surface area contributed by atoms with E-state index in [0.29, 0.717) is 19.0 Å². The van der Waals surface area contributed by atoms with Crippen LogP contribution in [0, 0.1) is 11.6 Å². The Kier molecular flexibility index (Phi) is 6.45. The smallest absolute Gasteiger partial charge is 0.338 e. The highest BCUT2D eigenvalue weighted by molar-refractivity contribution is 5.91. The van der Waals surface area contributed by atoms with E-state index in [1.54, 1.807) is 7.11 Å². The summed E-state index contributed by atoms with van der Waals surface area (Å²) in [6, 6.07) is 9.71. The van der Waals surface area contributed by atoms with Crippen molar-refractivity contribution in [2.24, 2.45) is 0 Å². The summed E-state index contributed by atoms with van der Waals surface area (Å²) in [6.45, 7) is -0.170. The molecule has 0 heterocycles. The van der Waals surface area contributed by atoms with Gasteiger partial charge in [-0.2, -0.15) is 0 Å². The standard InChI is InChI=1S/C18H17F2NO4/c1-24-16-4-2-12(3-5-16)6-7-21-17(22)11-25-18(23)13-8-14(19)10-15(20)9-13/h2-5,8-10H,6-7,11H2,1H3,(H,21,22). The number of carbonyl (C=O) groups is 2. The van der Waals surface area contributed by atoms with E-state index in [1.165, 1.54) is 0 Å². The van der Waals surface area contributed by atoms with Crippen molar-refractivity contribution >= 4 is 11.9 Å². The van der Waals surface area contributed by atoms with Crippen LogP contribution in [0.4, 0.5) is 8.78 Å². The Balaban J connectivity index is 1.73. The largest absolute Gasteiger partial charge is 0.497 e. The van der Waals surface area contributed by atoms with Crippen LogP contribution >= 0.6 is 0 Å². The lowest BCUT2D eigenvalue weighted by atomic mass is 10.1. The van der Waals surface area contributed by atoms with Gasteiger partial charge in [0.05, 0.1) is 12.7 Å². The van der Waals surface area contributed by atoms with Crippen molar-refractivity contribution in [3.8, 4) is 5.75 Å². The van der Waals surface area contributed by atoms with Crippen LogP contribution < -0.4 is 10.1 Å². The average molecular weight is 349 g/mol. The SMILES string of the molecule is COc1ccc(CCNC(=O)COC(=O)c2cc(F)cc(F)c2)cc1. The molecule has 0 aliphatic carbocycles. The number of benzene rings is 2. The molecule has 0 bridgehead atoms. The maximum Gasteiger partial charge on any atom is 0.338 e. The second-order valence-electron chi connectivity index (χ2n) is 5.18. The second kappa shape index (κ2) is 8.77. The summed E-state index contributed by atoms with van der Waals surface area (Å²) < 4.78 is 35.8. The Morgan fingerprint density at radius 1 is 1.04 bits per heavy atom. The molecule has 0 fully saturated rings. The number of rotatable bonds is 7. The molecule has 1 amide bonds. The van der Waals surface area contributed by atoms with Gasteiger partial charge in [0.25, 0.3) is 5.91 Å². The van der Waals surface area contributed by atoms with Gasteiger partial charge in [-0.1, -0.05) is 12.1 Å². The first-order chi connectivity index (χ1) is 12.0. The molecule has 25 heavy (non-hydrogen) atoms. The number of nitrogens with one attached hydrogen (secondary N) is 1. The predicted octanol–water partition coefficient (Wildman–Crippen LogP) is 2.49. The molecule has 5 nitrogen and oxygen atoms in total. The molecule has 0 saturated carbocycles. The van der Waals surface area contributed by atoms with Gasteiger partial charge in [-0.05, 0) is 36.2 Å². The van der Waals surface area contributed by atoms with Gasteiger partial charge in [0.1, 0.15) is 17.4 Å². The number of amides is 1. The van der Waals surface area contributed by atoms with Crippen LogP contribution in [0.1, 0.15) is 15.9 Å². The zero-order chi connectivity index (χ0) is 18.2. The van der Waals surface area contributed by atoms with Crippen LogP contribution in [0.2, 0.25) is 0 Å². The van der Waals surface area contributed by atoms with Gasteiger partial charge in [0.2, 0.25) is 0 Å². The van der Waals surface area contributed by atoms with Crippen molar-refractivity contribution < 1.29 is 27.8 Å². The molecule has 0 aliphatic rings. The summed E-state index contributed by atoms with van der Waals surface area (Å²) in [4.78, 5) is 23.3. The van der Waals surface area contributed by atoms with Gasteiger partial charge in [-0.25, -0.2) is 13.6 Å². The van der Waals surface area contributed by atoms with E-state index in [0.717, 1.165) is 23.4 Å². The Morgan fingerprint density at radius 2 is 1.68 bits per heavy atom. The normalized spacial score (nSPS) is 10.2. The lowest BCUT2D eigenvalue weighted by molar-refractivity contribution is -0.124. The van der Waals surface area contributed by atoms with Gasteiger partial charge >= 0.3 is 5.97 Å². The summed E-state index contributed by atoms with van der Waals surface area (Å²) in [5.74, 6) is -2.51. The third-order valence-corrected chi connectivity index (χ3v) is 3.33. The second-order valence-corrected chi connectivity index (χ2v) is 5.18. The Hall–Kier alpha value is -2.96. The fourth-order valence-electron chi connectivity index (χ4n) is 2.08. The predicted molar refractivity (Wildman–Crippen MR) is 86.3 cm³/mol. The minimum absolute atomic E-state index is 0.288. The van der Waals surface area contributed by atoms with Crippen LogP contribution in [0.3, 0.4) is 0 Å². The summed E-state index contributed by atoms with van der Waals surface area (Å²) >= 11 is 0. The Bertz CT molecular complexity index is 727. The highest BCUT2D eigenvalue weighted by Gasteiger charge is 2.12. The van der Waals surface area contributed by atoms with E-state index < -0.39 is 30.1 Å². The number of carbonyl (C=O) groups excluding carboxylic acids is 2. The van der Waals surface area contributed by atoms with Crippen LogP contribution in [0.5, 0.6) is 5.75 Å². The molecule has 2 rings (SSSR count). The maximum atomic E-state index is 13.0. The van der Waals surface area contributed by atoms with E-state index in [4.69, 9.17) is 9.47 Å². The number of esters is 1. The van der Waals surface area contributed by atoms with E-state index in [-0.39, 0.29) is 5.56 Å². The van der Waals surface area contributed by atoms with Crippen molar-refractivity contribution in [3.05, 3.63) is 65.2 Å². The first kappa shape index (κ1) is 18.4. The molecular formula is C18H17F2NO4. The van der Waals surface area contributed by atoms with Crippen LogP contribution in [-0.2, 0) is 16.0 Å². The van der Waals surface area contributed by atoms with Gasteiger partial charge in [0.15, 0.2) is 6.61 Å². The quantitative estimate of drug-likeness (QED) is 0.780. The molecule has 0 aromatic heterocycles. The van der Waals surface area contributed by atoms with Crippen LogP contribution in [0.25, 0.3) is 0 Å². The summed E-state index contributed by atoms with van der Waals surface area (Å²) in [5, 5.41) is 2.59. The lowest BCUT2D eigenvalue weighted by Crippen LogP contribution is -2.30. The third-order valence-electron chi connectivity index (χ3n) is 3.33. The molecule has 0 radical (unpaired) electrons. The Morgan fingerprint density at radius 3 is 2.28 bits per heavy atom. The first-order valence-corrected chi connectivity index (χ1v) is 7.51. The number of hydrogen-bond donors (Lipinski definition) is 1. The average Bonchev–Trinajstić information content (AvgIpc) is 2.59. The zero-order valence-corrected chi connectivity index (χ0v) is 13.6. The highest BCUT2D eigenvalue weighted by Crippen LogP contribution is 2.11. The Labute approximate surface area is 143 Å². The van der Waals surface area contributed by atoms with Crippen LogP contribution in [-0.4, -0.2) is 32.1 Å². The molecule has 0 spiro atoms. The minimum atomic E-state index is -0.969. The third kappa shape index (κ3) is 5.87. The van der Waals surface area contributed by atoms with Gasteiger partial charge < -0.3 is 14.8 Å². The number of halogens is 2. The van der Waals surface area contributed by atoms with Crippen molar-refractivity contribution in [1.29, 1.82) is 0 Å². The highest BCUT2D eigenvalue weighted by atomic mass is 19.1. The van der Waals surface area contributed by atoms with E-state index >= 15 is 0 Å². The molecule has 0 saturated heterocycles. The van der Waals surface area contributed by atoms with Gasteiger partial charge in [0, 0.05) is 12.6 Å². The monoisotopic (exact) mass is 349 g/mol. The van der Waals surface area contributed by atoms with Crippen LogP contribution in [0.15, 0.2) is 42.5 Å². The minimum Gasteiger partial charge on any atom is -0.497 e. The lowest BCUT2D eigenvalue weighted by Gasteiger charge is -2.07. The van der Waals surface area contributed by atoms with Crippen molar-refractivity contribution in [2.75, 3.05) is 20.3 Å². The van der Waals surface area contributed by atoms with Crippen molar-refractivity contribution in [3.63, 3.8) is 0 Å². The summed E-state index contributed by atoms with van der Waals surface area (Å²) in [7, 11) is 1.58. The summed E-state index contributed by atoms with van der Waals surface area (Å²) in [5.41, 5.74) is 0.719. The fraction of sp³-hybridized carbons (Fsp3) is 0.222. The molecular weight excluding hydrogens is 332 g/mol.